The zero-order chi connectivity index (χ0) is 9.10. The Hall–Kier alpha value is -1.49. The minimum Gasteiger partial charge on any atom is -0.205 e. The van der Waals surface area contributed by atoms with Gasteiger partial charge < -0.3 is 0 Å². The van der Waals surface area contributed by atoms with Crippen molar-refractivity contribution in [1.29, 1.82) is 0 Å². The van der Waals surface area contributed by atoms with Gasteiger partial charge in [-0.3, -0.25) is 0 Å². The molecule has 0 bridgehead atoms. The van der Waals surface area contributed by atoms with E-state index in [4.69, 9.17) is 0 Å². The summed E-state index contributed by atoms with van der Waals surface area (Å²) in [4.78, 5) is 1.12. The van der Waals surface area contributed by atoms with Crippen molar-refractivity contribution in [2.75, 3.05) is 0 Å². The van der Waals surface area contributed by atoms with E-state index in [2.05, 4.69) is 15.3 Å². The number of aromatic nitrogens is 3. The molecule has 0 aliphatic carbocycles. The van der Waals surface area contributed by atoms with Crippen molar-refractivity contribution >= 4 is 17.6 Å². The fourth-order valence-electron chi connectivity index (χ4n) is 0.885. The van der Waals surface area contributed by atoms with Crippen LogP contribution in [0.15, 0.2) is 28.9 Å². The first-order valence-electron chi connectivity index (χ1n) is 3.81. The Bertz CT molecular complexity index is 401. The molecule has 0 saturated heterocycles. The van der Waals surface area contributed by atoms with Crippen LogP contribution in [0.5, 0.6) is 0 Å². The van der Waals surface area contributed by atoms with Crippen LogP contribution in [0.2, 0.25) is 0 Å². The summed E-state index contributed by atoms with van der Waals surface area (Å²) in [6.45, 7) is 1.86. The van der Waals surface area contributed by atoms with Gasteiger partial charge in [-0.2, -0.15) is 5.10 Å². The van der Waals surface area contributed by atoms with E-state index in [9.17, 15) is 0 Å². The summed E-state index contributed by atoms with van der Waals surface area (Å²) in [7, 11) is 0. The molecule has 0 fully saturated rings. The van der Waals surface area contributed by atoms with Gasteiger partial charge in [0.2, 0.25) is 0 Å². The molecule has 2 aromatic rings. The highest BCUT2D eigenvalue weighted by molar-refractivity contribution is 7.11. The van der Waals surface area contributed by atoms with Gasteiger partial charge in [0.1, 0.15) is 6.33 Å². The van der Waals surface area contributed by atoms with E-state index in [0.717, 1.165) is 10.7 Å². The summed E-state index contributed by atoms with van der Waals surface area (Å²) in [6, 6.07) is 4.00. The second kappa shape index (κ2) is 3.49. The van der Waals surface area contributed by atoms with E-state index >= 15 is 0 Å². The monoisotopic (exact) mass is 192 g/mol. The van der Waals surface area contributed by atoms with Crippen LogP contribution in [0.4, 0.5) is 0 Å². The van der Waals surface area contributed by atoms with E-state index in [-0.39, 0.29) is 0 Å². The van der Waals surface area contributed by atoms with Crippen molar-refractivity contribution in [3.05, 3.63) is 34.5 Å². The lowest BCUT2D eigenvalue weighted by molar-refractivity contribution is 0.832. The maximum absolute atomic E-state index is 4.19. The highest BCUT2D eigenvalue weighted by Gasteiger charge is 1.93. The van der Waals surface area contributed by atoms with Crippen LogP contribution in [0.1, 0.15) is 10.7 Å². The molecule has 2 aromatic heterocycles. The Morgan fingerprint density at radius 2 is 2.54 bits per heavy atom. The van der Waals surface area contributed by atoms with Crippen LogP contribution in [0.25, 0.3) is 0 Å². The lowest BCUT2D eigenvalue weighted by Crippen LogP contribution is -1.90. The molecule has 0 aliphatic rings. The Labute approximate surface area is 79.6 Å². The quantitative estimate of drug-likeness (QED) is 0.677. The molecule has 0 aromatic carbocycles. The predicted molar refractivity (Wildman–Crippen MR) is 52.1 cm³/mol. The minimum absolute atomic E-state index is 0.785. The normalized spacial score (nSPS) is 11.2. The van der Waals surface area contributed by atoms with Crippen molar-refractivity contribution < 1.29 is 0 Å². The largest absolute Gasteiger partial charge is 0.205 e. The third-order valence-corrected chi connectivity index (χ3v) is 2.35. The average Bonchev–Trinajstić information content (AvgIpc) is 2.72. The number of aryl methyl sites for hydroxylation is 1. The van der Waals surface area contributed by atoms with Crippen LogP contribution in [-0.4, -0.2) is 21.1 Å². The van der Waals surface area contributed by atoms with Gasteiger partial charge in [0.05, 0.1) is 6.21 Å². The molecular formula is C8H8N4S. The zero-order valence-electron chi connectivity index (χ0n) is 7.08. The van der Waals surface area contributed by atoms with E-state index < -0.39 is 0 Å². The Kier molecular flexibility index (Phi) is 2.18. The molecule has 66 valence electrons. The molecular weight excluding hydrogens is 184 g/mol. The first-order valence-corrected chi connectivity index (χ1v) is 4.69. The molecule has 0 N–H and O–H groups in total. The lowest BCUT2D eigenvalue weighted by Gasteiger charge is -1.90. The van der Waals surface area contributed by atoms with Crippen LogP contribution in [0, 0.1) is 6.92 Å². The summed E-state index contributed by atoms with van der Waals surface area (Å²) in [6.07, 6.45) is 3.38. The zero-order valence-corrected chi connectivity index (χ0v) is 7.90. The fraction of sp³-hybridized carbons (Fsp3) is 0.125. The smallest absolute Gasteiger partial charge is 0.151 e. The van der Waals surface area contributed by atoms with Crippen LogP contribution in [0.3, 0.4) is 0 Å². The third kappa shape index (κ3) is 1.81. The van der Waals surface area contributed by atoms with Crippen molar-refractivity contribution in [2.24, 2.45) is 5.10 Å². The number of thiophene rings is 1. The average molecular weight is 192 g/mol. The van der Waals surface area contributed by atoms with Gasteiger partial charge in [-0.15, -0.1) is 21.5 Å². The van der Waals surface area contributed by atoms with Crippen molar-refractivity contribution in [3.8, 4) is 0 Å². The first kappa shape index (κ1) is 8.12. The van der Waals surface area contributed by atoms with E-state index in [1.54, 1.807) is 28.6 Å². The number of hydrogen-bond acceptors (Lipinski definition) is 4. The lowest BCUT2D eigenvalue weighted by atomic mass is 10.5. The molecule has 5 heteroatoms. The number of hydrogen-bond donors (Lipinski definition) is 0. The van der Waals surface area contributed by atoms with Crippen molar-refractivity contribution in [1.82, 2.24) is 14.9 Å². The molecule has 4 nitrogen and oxygen atoms in total. The van der Waals surface area contributed by atoms with E-state index in [1.807, 2.05) is 24.4 Å². The van der Waals surface area contributed by atoms with Crippen molar-refractivity contribution in [2.45, 2.75) is 6.92 Å². The van der Waals surface area contributed by atoms with Gasteiger partial charge in [-0.25, -0.2) is 4.68 Å². The van der Waals surface area contributed by atoms with Crippen LogP contribution in [-0.2, 0) is 0 Å². The summed E-state index contributed by atoms with van der Waals surface area (Å²) in [5, 5.41) is 13.7. The topological polar surface area (TPSA) is 43.1 Å². The second-order valence-electron chi connectivity index (χ2n) is 2.48. The van der Waals surface area contributed by atoms with E-state index in [1.165, 1.54) is 0 Å². The number of nitrogens with zero attached hydrogens (tertiary/aromatic N) is 4. The van der Waals surface area contributed by atoms with Gasteiger partial charge in [0, 0.05) is 4.88 Å². The van der Waals surface area contributed by atoms with Gasteiger partial charge in [-0.05, 0) is 18.4 Å². The molecule has 0 spiro atoms. The molecule has 0 radical (unpaired) electrons. The molecule has 0 amide bonds. The Morgan fingerprint density at radius 3 is 3.15 bits per heavy atom. The predicted octanol–water partition coefficient (Wildman–Crippen LogP) is 1.53. The van der Waals surface area contributed by atoms with E-state index in [0.29, 0.717) is 0 Å². The first-order chi connectivity index (χ1) is 6.36. The van der Waals surface area contributed by atoms with Crippen LogP contribution < -0.4 is 0 Å². The second-order valence-corrected chi connectivity index (χ2v) is 3.46. The maximum atomic E-state index is 4.19. The van der Waals surface area contributed by atoms with Gasteiger partial charge in [-0.1, -0.05) is 6.07 Å². The summed E-state index contributed by atoms with van der Waals surface area (Å²) >= 11 is 1.65. The molecule has 13 heavy (non-hydrogen) atoms. The van der Waals surface area contributed by atoms with Gasteiger partial charge >= 0.3 is 0 Å². The standard InChI is InChI=1S/C8H8N4S/c1-7-11-9-6-12(7)10-5-8-3-2-4-13-8/h2-6H,1H3. The Morgan fingerprint density at radius 1 is 1.62 bits per heavy atom. The highest BCUT2D eigenvalue weighted by Crippen LogP contribution is 2.04. The molecule has 0 saturated carbocycles. The molecule has 0 aliphatic heterocycles. The minimum atomic E-state index is 0.785. The summed E-state index contributed by atoms with van der Waals surface area (Å²) < 4.78 is 1.64. The summed E-state index contributed by atoms with van der Waals surface area (Å²) in [5.41, 5.74) is 0. The van der Waals surface area contributed by atoms with Gasteiger partial charge in [0.15, 0.2) is 5.82 Å². The van der Waals surface area contributed by atoms with Crippen LogP contribution >= 0.6 is 11.3 Å². The summed E-state index contributed by atoms with van der Waals surface area (Å²) in [5.74, 6) is 0.785. The molecule has 0 unspecified atom stereocenters. The van der Waals surface area contributed by atoms with Gasteiger partial charge in [0.25, 0.3) is 0 Å². The molecule has 2 rings (SSSR count). The van der Waals surface area contributed by atoms with Crippen molar-refractivity contribution in [3.63, 3.8) is 0 Å². The third-order valence-electron chi connectivity index (χ3n) is 1.55. The Balaban J connectivity index is 2.19. The maximum Gasteiger partial charge on any atom is 0.151 e. The highest BCUT2D eigenvalue weighted by atomic mass is 32.1. The molecule has 2 heterocycles. The number of rotatable bonds is 2. The molecule has 0 atom stereocenters. The SMILES string of the molecule is Cc1nncn1N=Cc1cccs1. The fourth-order valence-corrected chi connectivity index (χ4v) is 1.46.